The molecular formula is C21H16Cl2N2O7. The smallest absolute Gasteiger partial charge is 0.342 e. The summed E-state index contributed by atoms with van der Waals surface area (Å²) in [5.74, 6) is -3.52. The van der Waals surface area contributed by atoms with E-state index in [1.807, 2.05) is 0 Å². The first kappa shape index (κ1) is 23.0. The minimum Gasteiger partial charge on any atom is -0.493 e. The number of carboxylic acid groups (broad SMARTS) is 2. The van der Waals surface area contributed by atoms with Crippen molar-refractivity contribution in [3.63, 3.8) is 0 Å². The van der Waals surface area contributed by atoms with Crippen LogP contribution in [-0.4, -0.2) is 34.2 Å². The van der Waals surface area contributed by atoms with Crippen molar-refractivity contribution in [1.29, 1.82) is 0 Å². The summed E-state index contributed by atoms with van der Waals surface area (Å²) in [5, 5.41) is 20.1. The van der Waals surface area contributed by atoms with Crippen LogP contribution in [0.25, 0.3) is 11.1 Å². The monoisotopic (exact) mass is 478 g/mol. The van der Waals surface area contributed by atoms with Crippen molar-refractivity contribution in [2.75, 3.05) is 12.8 Å². The Hall–Kier alpha value is -3.69. The van der Waals surface area contributed by atoms with Crippen molar-refractivity contribution < 1.29 is 29.3 Å². The highest BCUT2D eigenvalue weighted by Gasteiger charge is 2.29. The summed E-state index contributed by atoms with van der Waals surface area (Å²) in [7, 11) is 1.35. The lowest BCUT2D eigenvalue weighted by Gasteiger charge is -2.18. The molecule has 2 aromatic carbocycles. The van der Waals surface area contributed by atoms with Crippen molar-refractivity contribution in [3.05, 3.63) is 73.5 Å². The molecule has 32 heavy (non-hydrogen) atoms. The highest BCUT2D eigenvalue weighted by molar-refractivity contribution is 6.35. The van der Waals surface area contributed by atoms with Crippen LogP contribution in [0.1, 0.15) is 26.3 Å². The largest absolute Gasteiger partial charge is 0.493 e. The van der Waals surface area contributed by atoms with Crippen molar-refractivity contribution in [2.24, 2.45) is 0 Å². The first-order chi connectivity index (χ1) is 15.1. The first-order valence-corrected chi connectivity index (χ1v) is 9.67. The number of aromatic nitrogens is 1. The number of hydrogen-bond donors (Lipinski definition) is 4. The van der Waals surface area contributed by atoms with Gasteiger partial charge in [-0.05, 0) is 18.2 Å². The van der Waals surface area contributed by atoms with E-state index in [4.69, 9.17) is 38.4 Å². The molecule has 5 N–H and O–H groups in total. The first-order valence-electron chi connectivity index (χ1n) is 8.92. The molecule has 0 radical (unpaired) electrons. The zero-order valence-corrected chi connectivity index (χ0v) is 18.0. The number of anilines is 1. The number of carbonyl (C=O) groups is 2. The van der Waals surface area contributed by atoms with Crippen LogP contribution in [0.4, 0.5) is 5.82 Å². The number of methoxy groups -OCH3 is 1. The molecule has 0 aliphatic rings. The van der Waals surface area contributed by atoms with Gasteiger partial charge in [0.1, 0.15) is 23.6 Å². The molecule has 0 atom stereocenters. The fourth-order valence-electron chi connectivity index (χ4n) is 3.13. The van der Waals surface area contributed by atoms with Crippen LogP contribution in [0.2, 0.25) is 10.0 Å². The van der Waals surface area contributed by atoms with Gasteiger partial charge in [0.25, 0.3) is 5.56 Å². The van der Waals surface area contributed by atoms with Crippen LogP contribution in [0.3, 0.4) is 0 Å². The number of halogens is 2. The molecule has 11 heteroatoms. The lowest BCUT2D eigenvalue weighted by atomic mass is 9.94. The zero-order chi connectivity index (χ0) is 23.6. The molecule has 166 valence electrons. The van der Waals surface area contributed by atoms with Gasteiger partial charge in [-0.3, -0.25) is 4.79 Å². The van der Waals surface area contributed by atoms with Gasteiger partial charge >= 0.3 is 11.9 Å². The third kappa shape index (κ3) is 4.34. The fraction of sp³-hybridized carbons (Fsp3) is 0.0952. The number of aromatic carboxylic acids is 2. The second-order valence-electron chi connectivity index (χ2n) is 6.46. The van der Waals surface area contributed by atoms with Gasteiger partial charge in [0.2, 0.25) is 0 Å². The van der Waals surface area contributed by atoms with Crippen LogP contribution in [0.15, 0.2) is 41.2 Å². The number of nitrogens with one attached hydrogen (secondary N) is 1. The third-order valence-corrected chi connectivity index (χ3v) is 5.11. The van der Waals surface area contributed by atoms with E-state index in [2.05, 4.69) is 4.98 Å². The van der Waals surface area contributed by atoms with Crippen molar-refractivity contribution in [1.82, 2.24) is 4.98 Å². The molecule has 1 aromatic heterocycles. The molecule has 0 spiro atoms. The lowest BCUT2D eigenvalue weighted by molar-refractivity contribution is 0.0695. The quantitative estimate of drug-likeness (QED) is 0.398. The Morgan fingerprint density at radius 3 is 2.38 bits per heavy atom. The van der Waals surface area contributed by atoms with E-state index < -0.39 is 40.0 Å². The molecule has 0 saturated carbocycles. The average Bonchev–Trinajstić information content (AvgIpc) is 2.71. The second-order valence-corrected chi connectivity index (χ2v) is 7.31. The summed E-state index contributed by atoms with van der Waals surface area (Å²) < 4.78 is 11.2. The Labute approximate surface area is 190 Å². The van der Waals surface area contributed by atoms with Crippen LogP contribution in [0.5, 0.6) is 11.5 Å². The number of H-pyrrole nitrogens is 1. The summed E-state index contributed by atoms with van der Waals surface area (Å²) in [5.41, 5.74) is 3.38. The van der Waals surface area contributed by atoms with Gasteiger partial charge in [-0.25, -0.2) is 9.59 Å². The van der Waals surface area contributed by atoms with Gasteiger partial charge in [-0.15, -0.1) is 0 Å². The minimum atomic E-state index is -1.64. The number of hydrogen-bond acceptors (Lipinski definition) is 6. The lowest BCUT2D eigenvalue weighted by Crippen LogP contribution is -2.24. The molecular weight excluding hydrogens is 463 g/mol. The van der Waals surface area contributed by atoms with Gasteiger partial charge in [0.15, 0.2) is 11.5 Å². The standard InChI is InChI=1S/C21H16Cl2N2O7/c1-31-13-4-2-3-11(17(13)32-8-9-5-6-10(22)7-12(9)23)14-15(20(27)28)18(24)25-19(26)16(14)21(29)30/h2-7H,8H2,1H3,(H,27,28)(H,29,30)(H3,24,25,26). The van der Waals surface area contributed by atoms with E-state index in [1.54, 1.807) is 12.1 Å². The van der Waals surface area contributed by atoms with E-state index in [0.717, 1.165) is 0 Å². The molecule has 9 nitrogen and oxygen atoms in total. The highest BCUT2D eigenvalue weighted by Crippen LogP contribution is 2.42. The Morgan fingerprint density at radius 1 is 1.09 bits per heavy atom. The number of carboxylic acids is 2. The Kier molecular flexibility index (Phi) is 6.61. The molecule has 3 aromatic rings. The van der Waals surface area contributed by atoms with Crippen LogP contribution < -0.4 is 20.8 Å². The summed E-state index contributed by atoms with van der Waals surface area (Å²) in [6.07, 6.45) is 0. The molecule has 0 unspecified atom stereocenters. The van der Waals surface area contributed by atoms with Crippen molar-refractivity contribution in [3.8, 4) is 22.6 Å². The molecule has 0 fully saturated rings. The van der Waals surface area contributed by atoms with Crippen molar-refractivity contribution >= 4 is 41.0 Å². The maximum Gasteiger partial charge on any atom is 0.342 e. The number of nitrogen functional groups attached to an aromatic ring is 1. The van der Waals surface area contributed by atoms with Gasteiger partial charge in [0, 0.05) is 26.7 Å². The molecule has 0 bridgehead atoms. The number of para-hydroxylation sites is 1. The van der Waals surface area contributed by atoms with Gasteiger partial charge in [0.05, 0.1) is 7.11 Å². The van der Waals surface area contributed by atoms with Gasteiger partial charge in [-0.1, -0.05) is 41.4 Å². The van der Waals surface area contributed by atoms with Crippen LogP contribution in [0, 0.1) is 0 Å². The van der Waals surface area contributed by atoms with Crippen LogP contribution in [-0.2, 0) is 6.61 Å². The fourth-order valence-corrected chi connectivity index (χ4v) is 3.59. The minimum absolute atomic E-state index is 0.00369. The summed E-state index contributed by atoms with van der Waals surface area (Å²) in [6, 6.07) is 9.18. The molecule has 0 aliphatic heterocycles. The zero-order valence-electron chi connectivity index (χ0n) is 16.4. The number of aromatic amines is 1. The van der Waals surface area contributed by atoms with E-state index in [0.29, 0.717) is 15.6 Å². The Bertz CT molecular complexity index is 1290. The molecule has 3 rings (SSSR count). The second kappa shape index (κ2) is 9.21. The predicted octanol–water partition coefficient (Wildman–Crippen LogP) is 3.91. The highest BCUT2D eigenvalue weighted by atomic mass is 35.5. The van der Waals surface area contributed by atoms with Crippen molar-refractivity contribution in [2.45, 2.75) is 6.61 Å². The molecule has 0 amide bonds. The number of ether oxygens (including phenoxy) is 2. The maximum absolute atomic E-state index is 12.4. The van der Waals surface area contributed by atoms with E-state index in [1.165, 1.54) is 31.4 Å². The summed E-state index contributed by atoms with van der Waals surface area (Å²) >= 11 is 12.1. The number of pyridine rings is 1. The average molecular weight is 479 g/mol. The summed E-state index contributed by atoms with van der Waals surface area (Å²) in [4.78, 5) is 38.2. The third-order valence-electron chi connectivity index (χ3n) is 4.53. The van der Waals surface area contributed by atoms with Gasteiger partial charge in [-0.2, -0.15) is 0 Å². The summed E-state index contributed by atoms with van der Waals surface area (Å²) in [6.45, 7) is -0.0904. The Morgan fingerprint density at radius 2 is 1.78 bits per heavy atom. The SMILES string of the molecule is COc1cccc(-c2c(C(=O)O)c(N)[nH]c(=O)c2C(=O)O)c1OCc1ccc(Cl)cc1Cl. The Balaban J connectivity index is 2.27. The molecule has 1 heterocycles. The number of rotatable bonds is 7. The topological polar surface area (TPSA) is 152 Å². The predicted molar refractivity (Wildman–Crippen MR) is 118 cm³/mol. The molecule has 0 aliphatic carbocycles. The van der Waals surface area contributed by atoms with Gasteiger partial charge < -0.3 is 30.4 Å². The van der Waals surface area contributed by atoms with E-state index in [-0.39, 0.29) is 23.7 Å². The van der Waals surface area contributed by atoms with E-state index >= 15 is 0 Å². The van der Waals surface area contributed by atoms with Crippen LogP contribution >= 0.6 is 23.2 Å². The normalized spacial score (nSPS) is 10.6. The number of benzene rings is 2. The number of nitrogens with two attached hydrogens (primary N) is 1. The molecule has 0 saturated heterocycles. The maximum atomic E-state index is 12.4. The van der Waals surface area contributed by atoms with E-state index in [9.17, 15) is 24.6 Å².